The van der Waals surface area contributed by atoms with Gasteiger partial charge in [0.15, 0.2) is 17.0 Å². The highest BCUT2D eigenvalue weighted by Crippen LogP contribution is 2.63. The number of benzene rings is 1. The fourth-order valence-corrected chi connectivity index (χ4v) is 6.50. The molecule has 3 unspecified atom stereocenters. The van der Waals surface area contributed by atoms with Gasteiger partial charge >= 0.3 is 23.9 Å². The minimum absolute atomic E-state index is 0.0241. The summed E-state index contributed by atoms with van der Waals surface area (Å²) in [7, 11) is -14.6. The van der Waals surface area contributed by atoms with Gasteiger partial charge in [0.05, 0.1) is 25.6 Å². The molecule has 20 heteroatoms. The average molecular weight is 618 g/mol. The van der Waals surface area contributed by atoms with Crippen LogP contribution in [0.3, 0.4) is 0 Å². The Morgan fingerprint density at radius 3 is 2.65 bits per heavy atom. The molecule has 3 heterocycles. The SMILES string of the molecule is NCC#Cc1ccc(CNc2ncnc3c2ncn3[C@H]2C[C@@H](O)[C@@H](COP(=O)(O)OP(=O)(O)O[PH](=O)O)O2)cc1. The van der Waals surface area contributed by atoms with E-state index in [1.165, 1.54) is 12.7 Å². The molecule has 0 amide bonds. The van der Waals surface area contributed by atoms with Crippen molar-refractivity contribution in [2.24, 2.45) is 5.73 Å². The molecule has 216 valence electrons. The first-order valence-electron chi connectivity index (χ1n) is 11.4. The number of aliphatic hydroxyl groups excluding tert-OH is 1. The number of fused-ring (bicyclic) bond motifs is 1. The van der Waals surface area contributed by atoms with E-state index in [0.717, 1.165) is 11.1 Å². The summed E-state index contributed by atoms with van der Waals surface area (Å²) in [4.78, 5) is 40.3. The molecule has 40 heavy (non-hydrogen) atoms. The van der Waals surface area contributed by atoms with Crippen molar-refractivity contribution >= 4 is 40.9 Å². The summed E-state index contributed by atoms with van der Waals surface area (Å²) in [6.07, 6.45) is -0.339. The fraction of sp³-hybridized carbons (Fsp3) is 0.350. The highest BCUT2D eigenvalue weighted by molar-refractivity contribution is 7.64. The monoisotopic (exact) mass is 618 g/mol. The first-order valence-corrected chi connectivity index (χ1v) is 15.7. The van der Waals surface area contributed by atoms with Gasteiger partial charge < -0.3 is 35.6 Å². The Balaban J connectivity index is 1.39. The van der Waals surface area contributed by atoms with Crippen LogP contribution in [0.2, 0.25) is 0 Å². The molecule has 1 aromatic carbocycles. The number of phosphoric ester groups is 1. The molecule has 1 saturated heterocycles. The van der Waals surface area contributed by atoms with Crippen LogP contribution in [0, 0.1) is 11.8 Å². The van der Waals surface area contributed by atoms with E-state index in [-0.39, 0.29) is 13.0 Å². The number of aliphatic hydroxyl groups is 1. The zero-order valence-corrected chi connectivity index (χ0v) is 23.2. The minimum Gasteiger partial charge on any atom is -0.390 e. The molecule has 17 nitrogen and oxygen atoms in total. The predicted molar refractivity (Wildman–Crippen MR) is 139 cm³/mol. The van der Waals surface area contributed by atoms with E-state index in [1.54, 1.807) is 4.57 Å². The zero-order chi connectivity index (χ0) is 28.9. The molecule has 0 bridgehead atoms. The normalized spacial score (nSPS) is 22.7. The summed E-state index contributed by atoms with van der Waals surface area (Å²) in [5.74, 6) is 6.20. The van der Waals surface area contributed by atoms with E-state index in [0.29, 0.717) is 23.5 Å². The van der Waals surface area contributed by atoms with Gasteiger partial charge in [0.1, 0.15) is 18.7 Å². The van der Waals surface area contributed by atoms with Gasteiger partial charge in [0.25, 0.3) is 0 Å². The lowest BCUT2D eigenvalue weighted by atomic mass is 10.1. The van der Waals surface area contributed by atoms with Crippen molar-refractivity contribution < 1.29 is 51.4 Å². The highest BCUT2D eigenvalue weighted by Gasteiger charge is 2.41. The Hall–Kier alpha value is -2.54. The van der Waals surface area contributed by atoms with E-state index in [4.69, 9.17) is 15.4 Å². The van der Waals surface area contributed by atoms with Crippen LogP contribution in [0.4, 0.5) is 5.82 Å². The third-order valence-corrected chi connectivity index (χ3v) is 9.10. The number of ether oxygens (including phenoxy) is 1. The van der Waals surface area contributed by atoms with Crippen LogP contribution in [0.15, 0.2) is 36.9 Å². The number of hydrogen-bond donors (Lipinski definition) is 6. The smallest absolute Gasteiger partial charge is 0.390 e. The summed E-state index contributed by atoms with van der Waals surface area (Å²) in [6, 6.07) is 7.58. The zero-order valence-electron chi connectivity index (χ0n) is 20.4. The largest absolute Gasteiger partial charge is 0.488 e. The van der Waals surface area contributed by atoms with Gasteiger partial charge in [0, 0.05) is 18.5 Å². The molecule has 2 aromatic heterocycles. The minimum atomic E-state index is -5.36. The van der Waals surface area contributed by atoms with Crippen LogP contribution in [0.1, 0.15) is 23.8 Å². The number of nitrogens with zero attached hydrogens (tertiary/aromatic N) is 4. The second kappa shape index (κ2) is 13.0. The van der Waals surface area contributed by atoms with Gasteiger partial charge in [-0.25, -0.2) is 28.4 Å². The lowest BCUT2D eigenvalue weighted by Gasteiger charge is -2.19. The third-order valence-electron chi connectivity index (χ3n) is 5.42. The Morgan fingerprint density at radius 1 is 1.20 bits per heavy atom. The molecule has 1 aliphatic heterocycles. The van der Waals surface area contributed by atoms with Crippen LogP contribution in [0.5, 0.6) is 0 Å². The van der Waals surface area contributed by atoms with Crippen molar-refractivity contribution in [3.63, 3.8) is 0 Å². The number of rotatable bonds is 11. The number of phosphoric acid groups is 2. The third kappa shape index (κ3) is 8.02. The van der Waals surface area contributed by atoms with Crippen molar-refractivity contribution in [2.45, 2.75) is 31.4 Å². The van der Waals surface area contributed by atoms with Crippen LogP contribution < -0.4 is 11.1 Å². The molecule has 0 spiro atoms. The summed E-state index contributed by atoms with van der Waals surface area (Å²) in [5, 5.41) is 13.6. The number of aromatic nitrogens is 4. The first-order chi connectivity index (χ1) is 19.0. The Labute approximate surface area is 227 Å². The molecule has 0 radical (unpaired) electrons. The maximum Gasteiger partial charge on any atom is 0.488 e. The fourth-order valence-electron chi connectivity index (χ4n) is 3.71. The van der Waals surface area contributed by atoms with Crippen molar-refractivity contribution in [1.29, 1.82) is 0 Å². The molecule has 3 aromatic rings. The molecule has 6 atom stereocenters. The maximum absolute atomic E-state index is 12.0. The van der Waals surface area contributed by atoms with Crippen LogP contribution >= 0.6 is 23.9 Å². The molecule has 7 N–H and O–H groups in total. The Kier molecular flexibility index (Phi) is 9.86. The van der Waals surface area contributed by atoms with E-state index in [2.05, 4.69) is 45.3 Å². The van der Waals surface area contributed by atoms with Gasteiger partial charge in [-0.15, -0.1) is 0 Å². The quantitative estimate of drug-likeness (QED) is 0.130. The number of nitrogens with one attached hydrogen (secondary N) is 1. The molecule has 4 rings (SSSR count). The van der Waals surface area contributed by atoms with Gasteiger partial charge in [-0.05, 0) is 17.7 Å². The summed E-state index contributed by atoms with van der Waals surface area (Å²) >= 11 is 0. The summed E-state index contributed by atoms with van der Waals surface area (Å²) < 4.78 is 53.6. The molecule has 0 aliphatic carbocycles. The van der Waals surface area contributed by atoms with E-state index in [9.17, 15) is 28.6 Å². The van der Waals surface area contributed by atoms with Crippen LogP contribution in [-0.2, 0) is 38.1 Å². The molecule has 1 aliphatic rings. The summed E-state index contributed by atoms with van der Waals surface area (Å²) in [6.45, 7) is -0.0162. The van der Waals surface area contributed by atoms with Gasteiger partial charge in [0.2, 0.25) is 0 Å². The second-order valence-electron chi connectivity index (χ2n) is 8.21. The standard InChI is InChI=1S/C20H25N6O11P3/c21-7-1-2-13-3-5-14(6-4-13)9-22-19-18-20(24-11-23-19)26(12-25-18)17-8-15(27)16(35-17)10-34-39(30,31)37-40(32,33)36-38(28)29/h3-6,11-12,15-17,27,38H,7-10,21H2,(H,28,29)(H,30,31)(H,32,33)(H,22,23,24)/t15-,16-,17-/m1/s1. The van der Waals surface area contributed by atoms with Gasteiger partial charge in [-0.1, -0.05) is 24.0 Å². The lowest BCUT2D eigenvalue weighted by molar-refractivity contribution is -0.0423. The van der Waals surface area contributed by atoms with Crippen molar-refractivity contribution in [1.82, 2.24) is 19.5 Å². The number of nitrogens with two attached hydrogens (primary N) is 1. The van der Waals surface area contributed by atoms with Crippen molar-refractivity contribution in [3.8, 4) is 11.8 Å². The van der Waals surface area contributed by atoms with Crippen LogP contribution in [-0.4, -0.2) is 64.7 Å². The van der Waals surface area contributed by atoms with E-state index < -0.39 is 48.9 Å². The van der Waals surface area contributed by atoms with Crippen molar-refractivity contribution in [2.75, 3.05) is 18.5 Å². The van der Waals surface area contributed by atoms with E-state index in [1.807, 2.05) is 24.3 Å². The topological polar surface area (TPSA) is 251 Å². The van der Waals surface area contributed by atoms with Gasteiger partial charge in [-0.3, -0.25) is 13.7 Å². The lowest BCUT2D eigenvalue weighted by Crippen LogP contribution is -2.26. The molecule has 0 saturated carbocycles. The molecule has 1 fully saturated rings. The highest BCUT2D eigenvalue weighted by atomic mass is 31.3. The Morgan fingerprint density at radius 2 is 1.95 bits per heavy atom. The molecular weight excluding hydrogens is 593 g/mol. The molecular formula is C20H25N6O11P3. The number of hydrogen-bond acceptors (Lipinski definition) is 13. The van der Waals surface area contributed by atoms with Crippen molar-refractivity contribution in [3.05, 3.63) is 48.0 Å². The number of imidazole rings is 1. The maximum atomic E-state index is 12.0. The second-order valence-corrected chi connectivity index (χ2v) is 12.3. The number of anilines is 1. The van der Waals surface area contributed by atoms with Gasteiger partial charge in [-0.2, -0.15) is 4.31 Å². The van der Waals surface area contributed by atoms with Crippen LogP contribution in [0.25, 0.3) is 11.2 Å². The summed E-state index contributed by atoms with van der Waals surface area (Å²) in [5.41, 5.74) is 8.02. The Bertz CT molecular complexity index is 1530. The van der Waals surface area contributed by atoms with E-state index >= 15 is 0 Å². The average Bonchev–Trinajstić information content (AvgIpc) is 3.47. The first kappa shape index (κ1) is 30.4. The predicted octanol–water partition coefficient (Wildman–Crippen LogP) is 1.03.